The van der Waals surface area contributed by atoms with Crippen molar-refractivity contribution in [2.45, 2.75) is 33.1 Å². The zero-order chi connectivity index (χ0) is 12.3. The normalized spacial score (nSPS) is 10.4. The number of carboxylic acid groups (broad SMARTS) is 1. The first kappa shape index (κ1) is 12.4. The number of rotatable bonds is 4. The third-order valence-electron chi connectivity index (χ3n) is 2.75. The summed E-state index contributed by atoms with van der Waals surface area (Å²) < 4.78 is 0. The highest BCUT2D eigenvalue weighted by atomic mass is 16.4. The molecule has 3 N–H and O–H groups in total. The number of benzene rings is 1. The van der Waals surface area contributed by atoms with E-state index in [1.807, 2.05) is 0 Å². The molecule has 0 saturated heterocycles. The maximum absolute atomic E-state index is 10.4. The Morgan fingerprint density at radius 1 is 1.25 bits per heavy atom. The minimum absolute atomic E-state index is 0.0626. The zero-order valence-electron chi connectivity index (χ0n) is 9.45. The molecule has 0 amide bonds. The Hall–Kier alpha value is -1.71. The molecule has 1 rings (SSSR count). The predicted molar refractivity (Wildman–Crippen MR) is 59.8 cm³/mol. The van der Waals surface area contributed by atoms with Crippen LogP contribution in [0.15, 0.2) is 6.07 Å². The summed E-state index contributed by atoms with van der Waals surface area (Å²) in [7, 11) is 0. The van der Waals surface area contributed by atoms with Gasteiger partial charge in [-0.15, -0.1) is 0 Å². The summed E-state index contributed by atoms with van der Waals surface area (Å²) in [5.74, 6) is -0.561. The molecule has 0 saturated carbocycles. The fraction of sp³-hybridized carbons (Fsp3) is 0.417. The Balaban J connectivity index is 2.85. The monoisotopic (exact) mass is 224 g/mol. The second-order valence-corrected chi connectivity index (χ2v) is 3.90. The number of hydrogen-bond acceptors (Lipinski definition) is 3. The number of phenols is 2. The number of aliphatic carboxylic acids is 1. The highest BCUT2D eigenvalue weighted by molar-refractivity contribution is 5.66. The number of carbonyl (C=O) groups is 1. The first-order valence-corrected chi connectivity index (χ1v) is 5.16. The van der Waals surface area contributed by atoms with Crippen molar-refractivity contribution in [1.29, 1.82) is 0 Å². The van der Waals surface area contributed by atoms with Gasteiger partial charge in [0.25, 0.3) is 0 Å². The van der Waals surface area contributed by atoms with E-state index in [0.29, 0.717) is 29.5 Å². The van der Waals surface area contributed by atoms with Gasteiger partial charge in [-0.1, -0.05) is 0 Å². The van der Waals surface area contributed by atoms with Gasteiger partial charge < -0.3 is 15.3 Å². The van der Waals surface area contributed by atoms with Crippen molar-refractivity contribution in [3.05, 3.63) is 22.8 Å². The molecule has 4 nitrogen and oxygen atoms in total. The van der Waals surface area contributed by atoms with Crippen molar-refractivity contribution in [2.24, 2.45) is 0 Å². The van der Waals surface area contributed by atoms with Crippen LogP contribution in [0, 0.1) is 13.8 Å². The molecule has 0 atom stereocenters. The number of carboxylic acids is 1. The van der Waals surface area contributed by atoms with Crippen LogP contribution in [0.4, 0.5) is 0 Å². The topological polar surface area (TPSA) is 77.8 Å². The van der Waals surface area contributed by atoms with Gasteiger partial charge in [-0.2, -0.15) is 0 Å². The molecule has 0 radical (unpaired) electrons. The van der Waals surface area contributed by atoms with Crippen molar-refractivity contribution >= 4 is 5.97 Å². The maximum atomic E-state index is 10.4. The van der Waals surface area contributed by atoms with Crippen LogP contribution in [0.25, 0.3) is 0 Å². The molecule has 0 fully saturated rings. The van der Waals surface area contributed by atoms with Gasteiger partial charge in [-0.3, -0.25) is 4.79 Å². The summed E-state index contributed by atoms with van der Waals surface area (Å²) in [6.45, 7) is 3.45. The quantitative estimate of drug-likeness (QED) is 0.684. The highest BCUT2D eigenvalue weighted by Crippen LogP contribution is 2.32. The minimum Gasteiger partial charge on any atom is -0.508 e. The van der Waals surface area contributed by atoms with Crippen LogP contribution < -0.4 is 0 Å². The van der Waals surface area contributed by atoms with E-state index in [1.54, 1.807) is 13.8 Å². The molecule has 1 aromatic carbocycles. The molecular formula is C12H16O4. The lowest BCUT2D eigenvalue weighted by molar-refractivity contribution is -0.137. The molecule has 4 heteroatoms. The van der Waals surface area contributed by atoms with E-state index in [4.69, 9.17) is 5.11 Å². The molecule has 0 aliphatic carbocycles. The molecule has 0 spiro atoms. The van der Waals surface area contributed by atoms with Gasteiger partial charge in [-0.05, 0) is 49.4 Å². The van der Waals surface area contributed by atoms with E-state index >= 15 is 0 Å². The summed E-state index contributed by atoms with van der Waals surface area (Å²) >= 11 is 0. The number of hydrogen-bond donors (Lipinski definition) is 3. The van der Waals surface area contributed by atoms with Crippen LogP contribution >= 0.6 is 0 Å². The van der Waals surface area contributed by atoms with Crippen LogP contribution in [0.2, 0.25) is 0 Å². The van der Waals surface area contributed by atoms with Crippen LogP contribution in [-0.4, -0.2) is 21.3 Å². The van der Waals surface area contributed by atoms with Crippen molar-refractivity contribution in [1.82, 2.24) is 0 Å². The summed E-state index contributed by atoms with van der Waals surface area (Å²) in [6, 6.07) is 1.50. The highest BCUT2D eigenvalue weighted by Gasteiger charge is 2.11. The molecule has 0 heterocycles. The van der Waals surface area contributed by atoms with Crippen molar-refractivity contribution in [3.8, 4) is 11.5 Å². The van der Waals surface area contributed by atoms with E-state index in [-0.39, 0.29) is 17.9 Å². The minimum atomic E-state index is -0.854. The first-order valence-electron chi connectivity index (χ1n) is 5.16. The Morgan fingerprint density at radius 3 is 2.44 bits per heavy atom. The number of phenolic OH excluding ortho intramolecular Hbond substituents is 2. The van der Waals surface area contributed by atoms with Gasteiger partial charge in [0.2, 0.25) is 0 Å². The van der Waals surface area contributed by atoms with Crippen LogP contribution in [0.3, 0.4) is 0 Å². The van der Waals surface area contributed by atoms with Crippen LogP contribution in [0.1, 0.15) is 29.5 Å². The standard InChI is InChI=1S/C12H16O4/c1-7-8(2)12(16)9(6-10(7)13)4-3-5-11(14)15/h6,13,16H,3-5H2,1-2H3,(H,14,15). The summed E-state index contributed by atoms with van der Waals surface area (Å²) in [4.78, 5) is 10.4. The SMILES string of the molecule is Cc1c(O)cc(CCCC(=O)O)c(O)c1C. The fourth-order valence-corrected chi connectivity index (χ4v) is 1.57. The average Bonchev–Trinajstić information content (AvgIpc) is 2.22. The second-order valence-electron chi connectivity index (χ2n) is 3.90. The molecule has 0 bridgehead atoms. The lowest BCUT2D eigenvalue weighted by atomic mass is 9.99. The number of aryl methyl sites for hydroxylation is 1. The van der Waals surface area contributed by atoms with E-state index < -0.39 is 5.97 Å². The smallest absolute Gasteiger partial charge is 0.303 e. The third-order valence-corrected chi connectivity index (χ3v) is 2.75. The van der Waals surface area contributed by atoms with E-state index in [9.17, 15) is 15.0 Å². The van der Waals surface area contributed by atoms with E-state index in [2.05, 4.69) is 0 Å². The van der Waals surface area contributed by atoms with E-state index in [1.165, 1.54) is 6.07 Å². The summed E-state index contributed by atoms with van der Waals surface area (Å²) in [5.41, 5.74) is 1.90. The Bertz CT molecular complexity index is 410. The van der Waals surface area contributed by atoms with Crippen LogP contribution in [0.5, 0.6) is 11.5 Å². The lowest BCUT2D eigenvalue weighted by Gasteiger charge is -2.11. The molecule has 16 heavy (non-hydrogen) atoms. The maximum Gasteiger partial charge on any atom is 0.303 e. The van der Waals surface area contributed by atoms with Gasteiger partial charge >= 0.3 is 5.97 Å². The third kappa shape index (κ3) is 2.66. The van der Waals surface area contributed by atoms with Gasteiger partial charge in [0.1, 0.15) is 11.5 Å². The van der Waals surface area contributed by atoms with Gasteiger partial charge in [0.05, 0.1) is 0 Å². The first-order chi connectivity index (χ1) is 7.43. The van der Waals surface area contributed by atoms with Gasteiger partial charge in [0.15, 0.2) is 0 Å². The number of aromatic hydroxyl groups is 2. The van der Waals surface area contributed by atoms with Gasteiger partial charge in [0, 0.05) is 6.42 Å². The summed E-state index contributed by atoms with van der Waals surface area (Å²) in [5, 5.41) is 27.9. The predicted octanol–water partition coefficient (Wildman–Crippen LogP) is 2.12. The molecular weight excluding hydrogens is 208 g/mol. The van der Waals surface area contributed by atoms with Gasteiger partial charge in [-0.25, -0.2) is 0 Å². The average molecular weight is 224 g/mol. The van der Waals surface area contributed by atoms with Crippen LogP contribution in [-0.2, 0) is 11.2 Å². The molecule has 0 aliphatic rings. The molecule has 0 unspecified atom stereocenters. The Labute approximate surface area is 94.2 Å². The largest absolute Gasteiger partial charge is 0.508 e. The zero-order valence-corrected chi connectivity index (χ0v) is 9.45. The Kier molecular flexibility index (Phi) is 3.77. The van der Waals surface area contributed by atoms with E-state index in [0.717, 1.165) is 0 Å². The lowest BCUT2D eigenvalue weighted by Crippen LogP contribution is -1.97. The second kappa shape index (κ2) is 4.88. The van der Waals surface area contributed by atoms with Crippen molar-refractivity contribution < 1.29 is 20.1 Å². The molecule has 0 aromatic heterocycles. The molecule has 0 aliphatic heterocycles. The Morgan fingerprint density at radius 2 is 1.88 bits per heavy atom. The molecule has 1 aromatic rings. The molecule has 88 valence electrons. The van der Waals surface area contributed by atoms with Crippen molar-refractivity contribution in [2.75, 3.05) is 0 Å². The van der Waals surface area contributed by atoms with Crippen molar-refractivity contribution in [3.63, 3.8) is 0 Å². The fourth-order valence-electron chi connectivity index (χ4n) is 1.57. The summed E-state index contributed by atoms with van der Waals surface area (Å²) in [6.07, 6.45) is 0.963.